The molecule has 5 nitrogen and oxygen atoms in total. The molecule has 0 saturated carbocycles. The van der Waals surface area contributed by atoms with Gasteiger partial charge in [-0.15, -0.1) is 35.7 Å². The van der Waals surface area contributed by atoms with Gasteiger partial charge in [0.05, 0.1) is 0 Å². The summed E-state index contributed by atoms with van der Waals surface area (Å²) >= 11 is 7.73. The molecule has 2 rings (SSSR count). The Bertz CT molecular complexity index is 550. The fourth-order valence-electron chi connectivity index (χ4n) is 2.90. The molecule has 0 aromatic heterocycles. The van der Waals surface area contributed by atoms with E-state index in [1.54, 1.807) is 0 Å². The van der Waals surface area contributed by atoms with Crippen LogP contribution in [0.2, 0.25) is 5.02 Å². The molecule has 0 aliphatic carbocycles. The molecule has 154 valence electrons. The van der Waals surface area contributed by atoms with Crippen molar-refractivity contribution in [1.29, 1.82) is 0 Å². The first-order valence-electron chi connectivity index (χ1n) is 9.30. The Balaban J connectivity index is 0.00000364. The Hall–Kier alpha value is -0.220. The molecule has 1 unspecified atom stereocenters. The lowest BCUT2D eigenvalue weighted by atomic mass is 10.1. The fraction of sp³-hybridized carbons (Fsp3) is 0.632. The highest BCUT2D eigenvalue weighted by atomic mass is 127. The van der Waals surface area contributed by atoms with Gasteiger partial charge < -0.3 is 20.4 Å². The van der Waals surface area contributed by atoms with Gasteiger partial charge in [-0.1, -0.05) is 18.5 Å². The number of aliphatic imine (C=N–C) groups is 1. The summed E-state index contributed by atoms with van der Waals surface area (Å²) in [7, 11) is 4.02. The van der Waals surface area contributed by atoms with E-state index in [0.717, 1.165) is 36.4 Å². The van der Waals surface area contributed by atoms with E-state index in [-0.39, 0.29) is 24.0 Å². The van der Waals surface area contributed by atoms with Gasteiger partial charge >= 0.3 is 0 Å². The van der Waals surface area contributed by atoms with Gasteiger partial charge in [0.2, 0.25) is 0 Å². The molecule has 1 fully saturated rings. The zero-order chi connectivity index (χ0) is 18.8. The van der Waals surface area contributed by atoms with Crippen LogP contribution in [0.3, 0.4) is 0 Å². The van der Waals surface area contributed by atoms with Crippen LogP contribution in [0.1, 0.15) is 6.92 Å². The number of hydrogen-bond acceptors (Lipinski definition) is 4. The Kier molecular flexibility index (Phi) is 12.8. The molecule has 0 spiro atoms. The monoisotopic (exact) mass is 525 g/mol. The highest BCUT2D eigenvalue weighted by Gasteiger charge is 2.16. The number of guanidine groups is 1. The highest BCUT2D eigenvalue weighted by Crippen LogP contribution is 2.19. The Labute approximate surface area is 190 Å². The molecular formula is C19H33ClIN5S. The topological polar surface area (TPSA) is 42.9 Å². The van der Waals surface area contributed by atoms with Crippen LogP contribution in [0, 0.1) is 5.92 Å². The number of benzene rings is 1. The summed E-state index contributed by atoms with van der Waals surface area (Å²) in [4.78, 5) is 10.5. The summed E-state index contributed by atoms with van der Waals surface area (Å²) in [5.74, 6) is 2.46. The maximum Gasteiger partial charge on any atom is 0.191 e. The normalized spacial score (nSPS) is 17.3. The molecule has 1 atom stereocenters. The third-order valence-electron chi connectivity index (χ3n) is 4.48. The molecule has 1 aliphatic rings. The molecule has 8 heteroatoms. The Morgan fingerprint density at radius 2 is 1.85 bits per heavy atom. The molecule has 1 saturated heterocycles. The van der Waals surface area contributed by atoms with Crippen LogP contribution in [-0.2, 0) is 0 Å². The summed E-state index contributed by atoms with van der Waals surface area (Å²) in [6, 6.07) is 7.97. The maximum absolute atomic E-state index is 5.91. The third kappa shape index (κ3) is 10.2. The standard InChI is InChI=1S/C19H32ClN5S.HI/c1-16(15-25-11-9-24(3)10-12-25)14-23-19(21-2)22-8-13-26-18-6-4-17(20)5-7-18;/h4-7,16H,8-15H2,1-3H3,(H2,21,22,23);1H. The predicted octanol–water partition coefficient (Wildman–Crippen LogP) is 3.10. The van der Waals surface area contributed by atoms with Crippen molar-refractivity contribution in [2.45, 2.75) is 11.8 Å². The number of halogens is 2. The van der Waals surface area contributed by atoms with Crippen LogP contribution in [0.4, 0.5) is 0 Å². The average Bonchev–Trinajstić information content (AvgIpc) is 2.64. The first-order chi connectivity index (χ1) is 12.6. The summed E-state index contributed by atoms with van der Waals surface area (Å²) in [5.41, 5.74) is 0. The Morgan fingerprint density at radius 3 is 2.48 bits per heavy atom. The second-order valence-corrected chi connectivity index (χ2v) is 8.50. The number of piperazine rings is 1. The van der Waals surface area contributed by atoms with Gasteiger partial charge in [0.1, 0.15) is 0 Å². The first-order valence-corrected chi connectivity index (χ1v) is 10.7. The number of nitrogens with zero attached hydrogens (tertiary/aromatic N) is 3. The smallest absolute Gasteiger partial charge is 0.191 e. The SMILES string of the molecule is CN=C(NCCSc1ccc(Cl)cc1)NCC(C)CN1CCN(C)CC1.I. The molecule has 27 heavy (non-hydrogen) atoms. The number of hydrogen-bond donors (Lipinski definition) is 2. The quantitative estimate of drug-likeness (QED) is 0.180. The van der Waals surface area contributed by atoms with Crippen LogP contribution in [0.5, 0.6) is 0 Å². The molecular weight excluding hydrogens is 493 g/mol. The van der Waals surface area contributed by atoms with Crippen molar-refractivity contribution in [1.82, 2.24) is 20.4 Å². The molecule has 1 aromatic rings. The van der Waals surface area contributed by atoms with Gasteiger partial charge in [-0.05, 0) is 37.2 Å². The summed E-state index contributed by atoms with van der Waals surface area (Å²) < 4.78 is 0. The van der Waals surface area contributed by atoms with Gasteiger partial charge in [0, 0.05) is 68.5 Å². The third-order valence-corrected chi connectivity index (χ3v) is 5.75. The predicted molar refractivity (Wildman–Crippen MR) is 130 cm³/mol. The summed E-state index contributed by atoms with van der Waals surface area (Å²) in [6.45, 7) is 9.96. The number of nitrogens with one attached hydrogen (secondary N) is 2. The highest BCUT2D eigenvalue weighted by molar-refractivity contribution is 14.0. The van der Waals surface area contributed by atoms with Crippen molar-refractivity contribution in [3.05, 3.63) is 29.3 Å². The Morgan fingerprint density at radius 1 is 1.19 bits per heavy atom. The van der Waals surface area contributed by atoms with Crippen molar-refractivity contribution in [3.8, 4) is 0 Å². The van der Waals surface area contributed by atoms with E-state index in [1.165, 1.54) is 31.1 Å². The van der Waals surface area contributed by atoms with Crippen molar-refractivity contribution >= 4 is 53.3 Å². The first kappa shape index (κ1) is 24.8. The van der Waals surface area contributed by atoms with Gasteiger partial charge in [0.25, 0.3) is 0 Å². The number of likely N-dealkylation sites (N-methyl/N-ethyl adjacent to an activating group) is 1. The second-order valence-electron chi connectivity index (χ2n) is 6.89. The molecule has 2 N–H and O–H groups in total. The van der Waals surface area contributed by atoms with Gasteiger partial charge in [-0.3, -0.25) is 4.99 Å². The summed E-state index contributed by atoms with van der Waals surface area (Å²) in [5, 5.41) is 7.62. The fourth-order valence-corrected chi connectivity index (χ4v) is 3.79. The number of rotatable bonds is 8. The van der Waals surface area contributed by atoms with Crippen LogP contribution in [0.25, 0.3) is 0 Å². The lowest BCUT2D eigenvalue weighted by molar-refractivity contribution is 0.139. The average molecular weight is 526 g/mol. The van der Waals surface area contributed by atoms with Crippen molar-refractivity contribution in [2.75, 3.05) is 65.7 Å². The molecule has 1 heterocycles. The second kappa shape index (κ2) is 13.9. The summed E-state index contributed by atoms with van der Waals surface area (Å²) in [6.07, 6.45) is 0. The van der Waals surface area contributed by atoms with E-state index in [0.29, 0.717) is 5.92 Å². The van der Waals surface area contributed by atoms with Crippen molar-refractivity contribution in [3.63, 3.8) is 0 Å². The van der Waals surface area contributed by atoms with E-state index >= 15 is 0 Å². The van der Waals surface area contributed by atoms with Crippen molar-refractivity contribution in [2.24, 2.45) is 10.9 Å². The molecule has 1 aliphatic heterocycles. The van der Waals surface area contributed by atoms with Gasteiger partial charge in [-0.25, -0.2) is 0 Å². The number of thioether (sulfide) groups is 1. The van der Waals surface area contributed by atoms with E-state index in [9.17, 15) is 0 Å². The maximum atomic E-state index is 5.91. The molecule has 0 amide bonds. The van der Waals surface area contributed by atoms with E-state index in [4.69, 9.17) is 11.6 Å². The van der Waals surface area contributed by atoms with Gasteiger partial charge in [-0.2, -0.15) is 0 Å². The van der Waals surface area contributed by atoms with Crippen molar-refractivity contribution < 1.29 is 0 Å². The van der Waals surface area contributed by atoms with Crippen LogP contribution in [-0.4, -0.2) is 81.4 Å². The zero-order valence-corrected chi connectivity index (χ0v) is 20.5. The van der Waals surface area contributed by atoms with E-state index in [1.807, 2.05) is 30.9 Å². The molecule has 0 bridgehead atoms. The van der Waals surface area contributed by atoms with Crippen LogP contribution >= 0.6 is 47.3 Å². The van der Waals surface area contributed by atoms with E-state index in [2.05, 4.69) is 51.5 Å². The minimum absolute atomic E-state index is 0. The lowest BCUT2D eigenvalue weighted by Gasteiger charge is -2.34. The van der Waals surface area contributed by atoms with Crippen LogP contribution in [0.15, 0.2) is 34.2 Å². The lowest BCUT2D eigenvalue weighted by Crippen LogP contribution is -2.47. The minimum Gasteiger partial charge on any atom is -0.356 e. The molecule has 0 radical (unpaired) electrons. The van der Waals surface area contributed by atoms with Gasteiger partial charge in [0.15, 0.2) is 5.96 Å². The zero-order valence-electron chi connectivity index (χ0n) is 16.6. The van der Waals surface area contributed by atoms with E-state index < -0.39 is 0 Å². The largest absolute Gasteiger partial charge is 0.356 e. The minimum atomic E-state index is 0. The molecule has 1 aromatic carbocycles. The van der Waals surface area contributed by atoms with Crippen LogP contribution < -0.4 is 10.6 Å².